The number of rotatable bonds is 1. The molecule has 0 saturated heterocycles. The van der Waals surface area contributed by atoms with Gasteiger partial charge in [0.05, 0.1) is 5.52 Å². The van der Waals surface area contributed by atoms with Crippen molar-refractivity contribution in [1.29, 1.82) is 0 Å². The van der Waals surface area contributed by atoms with Gasteiger partial charge in [0.2, 0.25) is 0 Å². The molecule has 1 fully saturated rings. The number of fused-ring (bicyclic) bond motifs is 1. The summed E-state index contributed by atoms with van der Waals surface area (Å²) in [4.78, 5) is 3.28. The van der Waals surface area contributed by atoms with E-state index in [9.17, 15) is 4.39 Å². The summed E-state index contributed by atoms with van der Waals surface area (Å²) in [5.41, 5.74) is 2.31. The Morgan fingerprint density at radius 1 is 1.33 bits per heavy atom. The molecule has 0 bridgehead atoms. The maximum absolute atomic E-state index is 13.6. The van der Waals surface area contributed by atoms with Crippen LogP contribution in [-0.4, -0.2) is 4.98 Å². The Morgan fingerprint density at radius 3 is 2.94 bits per heavy atom. The monoisotopic (exact) mass is 309 g/mol. The van der Waals surface area contributed by atoms with Crippen LogP contribution in [0.3, 0.4) is 0 Å². The predicted octanol–water partition coefficient (Wildman–Crippen LogP) is 5.36. The lowest BCUT2D eigenvalue weighted by Gasteiger charge is -2.26. The highest BCUT2D eigenvalue weighted by Gasteiger charge is 2.23. The number of benzene rings is 1. The summed E-state index contributed by atoms with van der Waals surface area (Å²) < 4.78 is 14.4. The van der Waals surface area contributed by atoms with Crippen LogP contribution in [-0.2, 0) is 0 Å². The first-order valence-electron chi connectivity index (χ1n) is 6.61. The third-order valence-corrected chi connectivity index (χ3v) is 4.74. The third-order valence-electron chi connectivity index (χ3n) is 4.11. The quantitative estimate of drug-likeness (QED) is 0.729. The zero-order valence-electron chi connectivity index (χ0n) is 10.5. The second kappa shape index (κ2) is 4.69. The molecular formula is C15H17BrFN. The lowest BCUT2D eigenvalue weighted by Crippen LogP contribution is -2.11. The Morgan fingerprint density at radius 2 is 2.17 bits per heavy atom. The van der Waals surface area contributed by atoms with E-state index in [-0.39, 0.29) is 5.82 Å². The fourth-order valence-electron chi connectivity index (χ4n) is 3.23. The Bertz CT molecular complexity index is 575. The first-order valence-corrected chi connectivity index (χ1v) is 7.40. The van der Waals surface area contributed by atoms with Crippen LogP contribution in [0.5, 0.6) is 0 Å². The van der Waals surface area contributed by atoms with Gasteiger partial charge in [0.25, 0.3) is 0 Å². The molecule has 18 heavy (non-hydrogen) atoms. The van der Waals surface area contributed by atoms with Gasteiger partial charge in [-0.25, -0.2) is 4.39 Å². The van der Waals surface area contributed by atoms with E-state index in [1.807, 2.05) is 0 Å². The minimum absolute atomic E-state index is 0.168. The highest BCUT2D eigenvalue weighted by Crippen LogP contribution is 2.40. The van der Waals surface area contributed by atoms with Crippen molar-refractivity contribution in [3.63, 3.8) is 0 Å². The third kappa shape index (κ3) is 2.09. The molecule has 2 unspecified atom stereocenters. The fourth-order valence-corrected chi connectivity index (χ4v) is 3.78. The van der Waals surface area contributed by atoms with E-state index >= 15 is 0 Å². The maximum Gasteiger partial charge on any atom is 0.125 e. The molecule has 1 saturated carbocycles. The van der Waals surface area contributed by atoms with Gasteiger partial charge >= 0.3 is 0 Å². The lowest BCUT2D eigenvalue weighted by atomic mass is 9.79. The van der Waals surface area contributed by atoms with E-state index in [1.165, 1.54) is 37.3 Å². The zero-order valence-corrected chi connectivity index (χ0v) is 12.1. The van der Waals surface area contributed by atoms with Crippen molar-refractivity contribution in [2.45, 2.75) is 38.5 Å². The van der Waals surface area contributed by atoms with Crippen molar-refractivity contribution in [2.24, 2.45) is 5.92 Å². The van der Waals surface area contributed by atoms with E-state index in [4.69, 9.17) is 0 Å². The molecule has 1 nitrogen and oxygen atoms in total. The number of hydrogen-bond acceptors (Lipinski definition) is 0. The van der Waals surface area contributed by atoms with E-state index in [0.29, 0.717) is 5.92 Å². The molecule has 0 spiro atoms. The topological polar surface area (TPSA) is 15.8 Å². The van der Waals surface area contributed by atoms with Gasteiger partial charge in [-0.15, -0.1) is 0 Å². The highest BCUT2D eigenvalue weighted by molar-refractivity contribution is 9.10. The minimum atomic E-state index is -0.168. The molecular weight excluding hydrogens is 293 g/mol. The Labute approximate surface area is 115 Å². The van der Waals surface area contributed by atoms with Crippen molar-refractivity contribution in [2.75, 3.05) is 0 Å². The van der Waals surface area contributed by atoms with Crippen molar-refractivity contribution in [1.82, 2.24) is 4.98 Å². The van der Waals surface area contributed by atoms with Crippen LogP contribution in [0, 0.1) is 11.7 Å². The first kappa shape index (κ1) is 12.2. The standard InChI is InChI=1S/C15H17BrFN/c1-9-3-2-4-10(5-9)13-8-18-15-12(13)6-11(17)7-14(15)16/h6-10,18H,2-5H2,1H3. The van der Waals surface area contributed by atoms with Crippen LogP contribution >= 0.6 is 15.9 Å². The van der Waals surface area contributed by atoms with Crippen LogP contribution in [0.2, 0.25) is 0 Å². The maximum atomic E-state index is 13.6. The number of nitrogens with one attached hydrogen (secondary N) is 1. The molecule has 1 N–H and O–H groups in total. The molecule has 1 aromatic carbocycles. The Kier molecular flexibility index (Phi) is 3.18. The first-order chi connectivity index (χ1) is 8.65. The van der Waals surface area contributed by atoms with Crippen molar-refractivity contribution in [3.05, 3.63) is 34.2 Å². The number of aromatic amines is 1. The molecule has 96 valence electrons. The number of halogens is 2. The largest absolute Gasteiger partial charge is 0.360 e. The van der Waals surface area contributed by atoms with Gasteiger partial charge in [-0.05, 0) is 58.3 Å². The molecule has 0 radical (unpaired) electrons. The van der Waals surface area contributed by atoms with Crippen molar-refractivity contribution < 1.29 is 4.39 Å². The summed E-state index contributed by atoms with van der Waals surface area (Å²) in [6.45, 7) is 2.32. The lowest BCUT2D eigenvalue weighted by molar-refractivity contribution is 0.345. The second-order valence-corrected chi connectivity index (χ2v) is 6.38. The van der Waals surface area contributed by atoms with Gasteiger partial charge in [0, 0.05) is 16.1 Å². The molecule has 1 heterocycles. The van der Waals surface area contributed by atoms with Gasteiger partial charge in [-0.1, -0.05) is 19.8 Å². The highest BCUT2D eigenvalue weighted by atomic mass is 79.9. The van der Waals surface area contributed by atoms with Gasteiger partial charge in [0.15, 0.2) is 0 Å². The van der Waals surface area contributed by atoms with Crippen molar-refractivity contribution in [3.8, 4) is 0 Å². The summed E-state index contributed by atoms with van der Waals surface area (Å²) in [6, 6.07) is 3.18. The Balaban J connectivity index is 2.06. The fraction of sp³-hybridized carbons (Fsp3) is 0.467. The minimum Gasteiger partial charge on any atom is -0.360 e. The van der Waals surface area contributed by atoms with Gasteiger partial charge in [0.1, 0.15) is 5.82 Å². The smallest absolute Gasteiger partial charge is 0.125 e. The van der Waals surface area contributed by atoms with Crippen LogP contribution in [0.4, 0.5) is 4.39 Å². The SMILES string of the molecule is CC1CCCC(c2c[nH]c3c(Br)cc(F)cc23)C1. The molecule has 1 aromatic heterocycles. The van der Waals surface area contributed by atoms with E-state index in [1.54, 1.807) is 6.07 Å². The van der Waals surface area contributed by atoms with E-state index in [2.05, 4.69) is 34.0 Å². The number of hydrogen-bond donors (Lipinski definition) is 1. The van der Waals surface area contributed by atoms with Crippen LogP contribution in [0.15, 0.2) is 22.8 Å². The van der Waals surface area contributed by atoms with Crippen LogP contribution < -0.4 is 0 Å². The summed E-state index contributed by atoms with van der Waals surface area (Å²) in [6.07, 6.45) is 7.13. The van der Waals surface area contributed by atoms with Gasteiger partial charge in [-0.3, -0.25) is 0 Å². The van der Waals surface area contributed by atoms with Crippen molar-refractivity contribution >= 4 is 26.8 Å². The summed E-state index contributed by atoms with van der Waals surface area (Å²) in [5.74, 6) is 1.20. The summed E-state index contributed by atoms with van der Waals surface area (Å²) in [5, 5.41) is 1.04. The predicted molar refractivity (Wildman–Crippen MR) is 76.3 cm³/mol. The normalized spacial score (nSPS) is 24.6. The summed E-state index contributed by atoms with van der Waals surface area (Å²) in [7, 11) is 0. The average molecular weight is 310 g/mol. The summed E-state index contributed by atoms with van der Waals surface area (Å²) >= 11 is 3.43. The molecule has 0 aliphatic heterocycles. The molecule has 0 amide bonds. The van der Waals surface area contributed by atoms with E-state index < -0.39 is 0 Å². The molecule has 3 rings (SSSR count). The number of aromatic nitrogens is 1. The van der Waals surface area contributed by atoms with Gasteiger partial charge in [-0.2, -0.15) is 0 Å². The molecule has 1 aliphatic carbocycles. The Hall–Kier alpha value is -0.830. The molecule has 1 aliphatic rings. The zero-order chi connectivity index (χ0) is 12.7. The number of H-pyrrole nitrogens is 1. The molecule has 2 atom stereocenters. The molecule has 3 heteroatoms. The molecule has 2 aromatic rings. The van der Waals surface area contributed by atoms with Crippen LogP contribution in [0.25, 0.3) is 10.9 Å². The van der Waals surface area contributed by atoms with Gasteiger partial charge < -0.3 is 4.98 Å². The average Bonchev–Trinajstić information content (AvgIpc) is 2.72. The van der Waals surface area contributed by atoms with E-state index in [0.717, 1.165) is 21.3 Å². The van der Waals surface area contributed by atoms with Crippen LogP contribution in [0.1, 0.15) is 44.1 Å². The second-order valence-electron chi connectivity index (χ2n) is 5.52.